The first-order valence-corrected chi connectivity index (χ1v) is 12.2. The summed E-state index contributed by atoms with van der Waals surface area (Å²) in [6.07, 6.45) is -2.78. The Balaban J connectivity index is 1.64. The minimum atomic E-state index is -4.42. The highest BCUT2D eigenvalue weighted by Gasteiger charge is 2.29. The number of pyridine rings is 2. The van der Waals surface area contributed by atoms with Crippen LogP contribution in [0.4, 0.5) is 13.2 Å². The van der Waals surface area contributed by atoms with Gasteiger partial charge in [-0.05, 0) is 97.0 Å². The Morgan fingerprint density at radius 3 is 2.21 bits per heavy atom. The smallest absolute Gasteiger partial charge is 0.416 e. The van der Waals surface area contributed by atoms with Crippen LogP contribution in [0.15, 0.2) is 88.8 Å². The fraction of sp³-hybridized carbons (Fsp3) is 0.100. The molecule has 4 rings (SSSR count). The molecule has 0 saturated heterocycles. The molecule has 1 N–H and O–H groups in total. The highest BCUT2D eigenvalue weighted by Crippen LogP contribution is 2.32. The number of nitrogens with zero attached hydrogens (tertiary/aromatic N) is 2. The first-order chi connectivity index (χ1) is 18.7. The van der Waals surface area contributed by atoms with E-state index >= 15 is 0 Å². The number of halogens is 3. The number of carbonyl (C=O) groups is 1. The highest BCUT2D eigenvalue weighted by molar-refractivity contribution is 7.99. The molecule has 2 aromatic heterocycles. The molecule has 0 unspecified atom stereocenters. The maximum Gasteiger partial charge on any atom is 0.416 e. The van der Waals surface area contributed by atoms with E-state index in [1.807, 2.05) is 25.1 Å². The topological polar surface area (TPSA) is 72.3 Å². The minimum Gasteiger partial charge on any atom is -0.482 e. The van der Waals surface area contributed by atoms with Crippen LogP contribution in [0.25, 0.3) is 0 Å². The van der Waals surface area contributed by atoms with Gasteiger partial charge in [-0.3, -0.25) is 0 Å². The fourth-order valence-corrected chi connectivity index (χ4v) is 4.24. The average molecular weight is 545 g/mol. The molecular weight excluding hydrogens is 525 g/mol. The lowest BCUT2D eigenvalue weighted by Crippen LogP contribution is -2.09. The van der Waals surface area contributed by atoms with Crippen molar-refractivity contribution in [3.05, 3.63) is 113 Å². The van der Waals surface area contributed by atoms with Gasteiger partial charge in [-0.2, -0.15) is 13.2 Å². The van der Waals surface area contributed by atoms with Crippen molar-refractivity contribution >= 4 is 17.7 Å². The van der Waals surface area contributed by atoms with Crippen molar-refractivity contribution in [3.63, 3.8) is 0 Å². The zero-order valence-corrected chi connectivity index (χ0v) is 21.2. The fourth-order valence-electron chi connectivity index (χ4n) is 3.26. The molecule has 0 bridgehead atoms. The summed E-state index contributed by atoms with van der Waals surface area (Å²) in [4.78, 5) is 21.1. The molecule has 2 aromatic carbocycles. The quantitative estimate of drug-likeness (QED) is 0.301. The van der Waals surface area contributed by atoms with Crippen molar-refractivity contribution in [2.45, 2.75) is 22.9 Å². The van der Waals surface area contributed by atoms with Crippen LogP contribution >= 0.6 is 11.8 Å². The third-order valence-corrected chi connectivity index (χ3v) is 6.02. The van der Waals surface area contributed by atoms with Crippen LogP contribution < -0.4 is 4.74 Å². The molecule has 4 aromatic rings. The van der Waals surface area contributed by atoms with Crippen LogP contribution in [0, 0.1) is 30.6 Å². The largest absolute Gasteiger partial charge is 0.482 e. The maximum atomic E-state index is 12.9. The molecule has 0 saturated carbocycles. The van der Waals surface area contributed by atoms with Crippen molar-refractivity contribution in [1.82, 2.24) is 9.97 Å². The van der Waals surface area contributed by atoms with E-state index in [0.29, 0.717) is 28.4 Å². The van der Waals surface area contributed by atoms with E-state index < -0.39 is 24.3 Å². The zero-order chi connectivity index (χ0) is 27.8. The van der Waals surface area contributed by atoms with Gasteiger partial charge in [0.25, 0.3) is 0 Å². The van der Waals surface area contributed by atoms with Gasteiger partial charge in [0.15, 0.2) is 6.61 Å². The Hall–Kier alpha value is -4.73. The number of alkyl halides is 3. The normalized spacial score (nSPS) is 10.6. The summed E-state index contributed by atoms with van der Waals surface area (Å²) >= 11 is 1.42. The maximum absolute atomic E-state index is 12.9. The highest BCUT2D eigenvalue weighted by atomic mass is 32.2. The molecular formula is C30H19F3N2O3S. The third kappa shape index (κ3) is 8.13. The predicted octanol–water partition coefficient (Wildman–Crippen LogP) is 6.22. The number of carboxylic acids is 1. The van der Waals surface area contributed by atoms with E-state index in [9.17, 15) is 18.0 Å². The number of aliphatic carboxylic acids is 1. The van der Waals surface area contributed by atoms with Gasteiger partial charge in [0.1, 0.15) is 22.8 Å². The molecule has 0 aliphatic heterocycles. The summed E-state index contributed by atoms with van der Waals surface area (Å²) in [6.45, 7) is 1.38. The van der Waals surface area contributed by atoms with Gasteiger partial charge < -0.3 is 9.84 Å². The summed E-state index contributed by atoms with van der Waals surface area (Å²) in [6, 6.07) is 18.9. The van der Waals surface area contributed by atoms with E-state index in [1.165, 1.54) is 23.9 Å². The summed E-state index contributed by atoms with van der Waals surface area (Å²) in [5.74, 6) is 11.1. The molecule has 0 atom stereocenters. The standard InChI is InChI=1S/C30H19F3N2O3S/c1-20-16-26(13-14-28(20)38-19-29(36)37)39-27-17-24(10-7-21-5-8-22(9-6-21)30(31,32)33)35-25(18-27)12-11-23-4-2-3-15-34-23/h2-6,8-9,13-18H,19H2,1H3,(H,36,37). The second kappa shape index (κ2) is 12.2. The van der Waals surface area contributed by atoms with Crippen LogP contribution in [0.3, 0.4) is 0 Å². The first kappa shape index (κ1) is 27.3. The van der Waals surface area contributed by atoms with Gasteiger partial charge in [0.05, 0.1) is 5.56 Å². The summed E-state index contributed by atoms with van der Waals surface area (Å²) in [7, 11) is 0. The summed E-state index contributed by atoms with van der Waals surface area (Å²) in [5, 5.41) is 8.84. The van der Waals surface area contributed by atoms with Crippen LogP contribution in [-0.4, -0.2) is 27.7 Å². The van der Waals surface area contributed by atoms with Gasteiger partial charge >= 0.3 is 12.1 Å². The van der Waals surface area contributed by atoms with E-state index in [2.05, 4.69) is 33.6 Å². The molecule has 0 amide bonds. The molecule has 0 aliphatic rings. The Kier molecular flexibility index (Phi) is 8.55. The second-order valence-corrected chi connectivity index (χ2v) is 9.22. The molecule has 5 nitrogen and oxygen atoms in total. The average Bonchev–Trinajstić information content (AvgIpc) is 2.90. The number of benzene rings is 2. The monoisotopic (exact) mass is 544 g/mol. The lowest BCUT2D eigenvalue weighted by atomic mass is 10.1. The van der Waals surface area contributed by atoms with Crippen LogP contribution in [0.1, 0.15) is 33.8 Å². The van der Waals surface area contributed by atoms with Gasteiger partial charge in [-0.15, -0.1) is 0 Å². The van der Waals surface area contributed by atoms with Crippen LogP contribution in [0.2, 0.25) is 0 Å². The van der Waals surface area contributed by atoms with Crippen molar-refractivity contribution in [3.8, 4) is 29.4 Å². The lowest BCUT2D eigenvalue weighted by Gasteiger charge is -2.09. The number of rotatable bonds is 5. The van der Waals surface area contributed by atoms with Crippen molar-refractivity contribution in [1.29, 1.82) is 0 Å². The zero-order valence-electron chi connectivity index (χ0n) is 20.4. The van der Waals surface area contributed by atoms with Crippen molar-refractivity contribution in [2.24, 2.45) is 0 Å². The van der Waals surface area contributed by atoms with E-state index in [1.54, 1.807) is 36.5 Å². The predicted molar refractivity (Wildman–Crippen MR) is 140 cm³/mol. The first-order valence-electron chi connectivity index (χ1n) is 11.4. The van der Waals surface area contributed by atoms with Crippen LogP contribution in [-0.2, 0) is 11.0 Å². The van der Waals surface area contributed by atoms with E-state index in [-0.39, 0.29) is 0 Å². The van der Waals surface area contributed by atoms with Gasteiger partial charge in [-0.25, -0.2) is 14.8 Å². The Bertz CT molecular complexity index is 1620. The van der Waals surface area contributed by atoms with Crippen LogP contribution in [0.5, 0.6) is 5.75 Å². The Morgan fingerprint density at radius 2 is 1.59 bits per heavy atom. The Morgan fingerprint density at radius 1 is 0.897 bits per heavy atom. The van der Waals surface area contributed by atoms with Gasteiger partial charge in [-0.1, -0.05) is 23.7 Å². The molecule has 9 heteroatoms. The van der Waals surface area contributed by atoms with E-state index in [4.69, 9.17) is 9.84 Å². The Labute approximate surface area is 227 Å². The second-order valence-electron chi connectivity index (χ2n) is 8.08. The molecule has 39 heavy (non-hydrogen) atoms. The number of aryl methyl sites for hydroxylation is 1. The lowest BCUT2D eigenvalue weighted by molar-refractivity contribution is -0.139. The van der Waals surface area contributed by atoms with E-state index in [0.717, 1.165) is 27.5 Å². The SMILES string of the molecule is Cc1cc(Sc2cc(C#Cc3ccc(C(F)(F)F)cc3)nc(C#Cc3ccccn3)c2)ccc1OCC(=O)O. The molecule has 194 valence electrons. The summed E-state index contributed by atoms with van der Waals surface area (Å²) in [5.41, 5.74) is 1.85. The molecule has 0 radical (unpaired) electrons. The number of aromatic nitrogens is 2. The number of hydrogen-bond donors (Lipinski definition) is 1. The van der Waals surface area contributed by atoms with Crippen molar-refractivity contribution in [2.75, 3.05) is 6.61 Å². The number of carboxylic acid groups (broad SMARTS) is 1. The van der Waals surface area contributed by atoms with Gasteiger partial charge in [0, 0.05) is 21.6 Å². The molecule has 0 spiro atoms. The number of hydrogen-bond acceptors (Lipinski definition) is 5. The third-order valence-electron chi connectivity index (χ3n) is 5.06. The van der Waals surface area contributed by atoms with Gasteiger partial charge in [0.2, 0.25) is 0 Å². The molecule has 0 fully saturated rings. The molecule has 2 heterocycles. The van der Waals surface area contributed by atoms with Crippen molar-refractivity contribution < 1.29 is 27.8 Å². The molecule has 0 aliphatic carbocycles. The number of ether oxygens (including phenoxy) is 1. The summed E-state index contributed by atoms with van der Waals surface area (Å²) < 4.78 is 43.9. The minimum absolute atomic E-state index is 0.392.